The molecule has 0 spiro atoms. The molecule has 0 atom stereocenters. The zero-order valence-electron chi connectivity index (χ0n) is 18.1. The van der Waals surface area contributed by atoms with E-state index < -0.39 is 5.82 Å². The van der Waals surface area contributed by atoms with Crippen LogP contribution in [0.1, 0.15) is 0 Å². The van der Waals surface area contributed by atoms with E-state index in [1.54, 1.807) is 28.8 Å². The molecule has 2 aromatic carbocycles. The Hall–Kier alpha value is -3.17. The van der Waals surface area contributed by atoms with Crippen LogP contribution in [-0.2, 0) is 11.8 Å². The number of nitrogens with zero attached hydrogens (tertiary/aromatic N) is 5. The van der Waals surface area contributed by atoms with E-state index in [2.05, 4.69) is 21.0 Å². The summed E-state index contributed by atoms with van der Waals surface area (Å²) in [5.74, 6) is 0.0225. The molecule has 1 saturated heterocycles. The van der Waals surface area contributed by atoms with Crippen LogP contribution in [0, 0.1) is 5.82 Å². The van der Waals surface area contributed by atoms with E-state index >= 15 is 4.39 Å². The van der Waals surface area contributed by atoms with E-state index in [0.29, 0.717) is 48.4 Å². The topological polar surface area (TPSA) is 63.5 Å². The lowest BCUT2D eigenvalue weighted by atomic mass is 10.00. The molecule has 0 unspecified atom stereocenters. The van der Waals surface area contributed by atoms with Crippen LogP contribution >= 0.6 is 23.1 Å². The second kappa shape index (κ2) is 8.31. The molecule has 5 rings (SSSR count). The number of fused-ring (bicyclic) bond motifs is 2. The standard InChI is InChI=1S/C23H21ClFN5O2S/c1-4-18(31)29-5-7-30(8-6-29)23-16-11-17(24)19(20(25)22(16)27-33-23)15-10-14(32-3)9-13-12-28(2)26-21(13)15/h4,9-12H,1,5-8H2,2-3H3. The van der Waals surface area contributed by atoms with Gasteiger partial charge in [0.2, 0.25) is 5.91 Å². The summed E-state index contributed by atoms with van der Waals surface area (Å²) in [5.41, 5.74) is 1.72. The quantitative estimate of drug-likeness (QED) is 0.399. The summed E-state index contributed by atoms with van der Waals surface area (Å²) in [5, 5.41) is 7.12. The number of hydrogen-bond acceptors (Lipinski definition) is 6. The molecular formula is C23H21ClFN5O2S. The number of carbonyl (C=O) groups excluding carboxylic acids is 1. The zero-order chi connectivity index (χ0) is 23.3. The van der Waals surface area contributed by atoms with Gasteiger partial charge in [-0.3, -0.25) is 9.48 Å². The summed E-state index contributed by atoms with van der Waals surface area (Å²) in [6.07, 6.45) is 3.18. The van der Waals surface area contributed by atoms with Gasteiger partial charge in [0.25, 0.3) is 0 Å². The molecule has 10 heteroatoms. The number of methoxy groups -OCH3 is 1. The summed E-state index contributed by atoms with van der Waals surface area (Å²) in [6.45, 7) is 5.94. The minimum atomic E-state index is -0.485. The molecule has 0 saturated carbocycles. The van der Waals surface area contributed by atoms with Gasteiger partial charge in [-0.15, -0.1) is 0 Å². The maximum Gasteiger partial charge on any atom is 0.246 e. The third-order valence-corrected chi connectivity index (χ3v) is 7.12. The van der Waals surface area contributed by atoms with E-state index in [0.717, 1.165) is 10.4 Å². The van der Waals surface area contributed by atoms with Gasteiger partial charge in [0.1, 0.15) is 21.8 Å². The van der Waals surface area contributed by atoms with Crippen LogP contribution in [0.3, 0.4) is 0 Å². The number of hydrogen-bond donors (Lipinski definition) is 0. The van der Waals surface area contributed by atoms with Gasteiger partial charge >= 0.3 is 0 Å². The van der Waals surface area contributed by atoms with Crippen LogP contribution in [0.5, 0.6) is 5.75 Å². The molecule has 33 heavy (non-hydrogen) atoms. The largest absolute Gasteiger partial charge is 0.497 e. The highest BCUT2D eigenvalue weighted by Crippen LogP contribution is 2.43. The molecule has 0 bridgehead atoms. The molecule has 170 valence electrons. The second-order valence-electron chi connectivity index (χ2n) is 7.86. The first-order valence-electron chi connectivity index (χ1n) is 10.4. The number of carbonyl (C=O) groups is 1. The SMILES string of the molecule is C=CC(=O)N1CCN(c2snc3c(F)c(-c4cc(OC)cc5cn(C)nc45)c(Cl)cc23)CC1. The number of halogens is 2. The Morgan fingerprint density at radius 1 is 1.24 bits per heavy atom. The number of amides is 1. The van der Waals surface area contributed by atoms with Crippen molar-refractivity contribution in [2.75, 3.05) is 38.2 Å². The molecule has 1 aliphatic rings. The average molecular weight is 486 g/mol. The lowest BCUT2D eigenvalue weighted by molar-refractivity contribution is -0.126. The minimum absolute atomic E-state index is 0.0818. The first kappa shape index (κ1) is 21.7. The highest BCUT2D eigenvalue weighted by molar-refractivity contribution is 7.11. The van der Waals surface area contributed by atoms with Crippen molar-refractivity contribution in [3.8, 4) is 16.9 Å². The van der Waals surface area contributed by atoms with E-state index in [4.69, 9.17) is 16.3 Å². The second-order valence-corrected chi connectivity index (χ2v) is 9.02. The summed E-state index contributed by atoms with van der Waals surface area (Å²) < 4.78 is 27.4. The van der Waals surface area contributed by atoms with Crippen LogP contribution in [0.2, 0.25) is 5.02 Å². The number of anilines is 1. The van der Waals surface area contributed by atoms with Crippen molar-refractivity contribution in [1.29, 1.82) is 0 Å². The fourth-order valence-corrected chi connectivity index (χ4v) is 5.47. The highest BCUT2D eigenvalue weighted by atomic mass is 35.5. The fraction of sp³-hybridized carbons (Fsp3) is 0.261. The van der Waals surface area contributed by atoms with Crippen LogP contribution in [0.25, 0.3) is 32.9 Å². The molecule has 1 aliphatic heterocycles. The number of ether oxygens (including phenoxy) is 1. The molecule has 4 aromatic rings. The maximum atomic E-state index is 15.9. The van der Waals surface area contributed by atoms with Crippen molar-refractivity contribution in [3.05, 3.63) is 47.9 Å². The molecule has 0 N–H and O–H groups in total. The predicted octanol–water partition coefficient (Wildman–Crippen LogP) is 4.49. The Bertz CT molecular complexity index is 1410. The van der Waals surface area contributed by atoms with Gasteiger partial charge in [-0.2, -0.15) is 9.47 Å². The highest BCUT2D eigenvalue weighted by Gasteiger charge is 2.26. The minimum Gasteiger partial charge on any atom is -0.497 e. The third kappa shape index (κ3) is 3.61. The Morgan fingerprint density at radius 2 is 2.00 bits per heavy atom. The van der Waals surface area contributed by atoms with Crippen molar-refractivity contribution in [1.82, 2.24) is 19.1 Å². The third-order valence-electron chi connectivity index (χ3n) is 5.90. The van der Waals surface area contributed by atoms with Gasteiger partial charge in [0, 0.05) is 61.3 Å². The Labute approximate surface area is 198 Å². The van der Waals surface area contributed by atoms with E-state index in [-0.39, 0.29) is 22.0 Å². The number of benzene rings is 2. The monoisotopic (exact) mass is 485 g/mol. The van der Waals surface area contributed by atoms with Gasteiger partial charge in [0.15, 0.2) is 5.82 Å². The molecule has 1 fully saturated rings. The smallest absolute Gasteiger partial charge is 0.246 e. The van der Waals surface area contributed by atoms with Crippen molar-refractivity contribution < 1.29 is 13.9 Å². The summed E-state index contributed by atoms with van der Waals surface area (Å²) in [4.78, 5) is 15.7. The van der Waals surface area contributed by atoms with Crippen molar-refractivity contribution >= 4 is 55.8 Å². The molecule has 7 nitrogen and oxygen atoms in total. The van der Waals surface area contributed by atoms with E-state index in [9.17, 15) is 4.79 Å². The normalized spacial score (nSPS) is 14.3. The van der Waals surface area contributed by atoms with Crippen molar-refractivity contribution in [2.24, 2.45) is 7.05 Å². The fourth-order valence-electron chi connectivity index (χ4n) is 4.27. The van der Waals surface area contributed by atoms with Crippen LogP contribution in [0.4, 0.5) is 9.39 Å². The number of piperazine rings is 1. The first-order valence-corrected chi connectivity index (χ1v) is 11.5. The summed E-state index contributed by atoms with van der Waals surface area (Å²) in [7, 11) is 3.38. The Morgan fingerprint density at radius 3 is 2.70 bits per heavy atom. The molecule has 2 aromatic heterocycles. The lowest BCUT2D eigenvalue weighted by Crippen LogP contribution is -2.48. The van der Waals surface area contributed by atoms with Crippen LogP contribution in [-0.4, -0.2) is 58.2 Å². The van der Waals surface area contributed by atoms with Gasteiger partial charge < -0.3 is 14.5 Å². The van der Waals surface area contributed by atoms with Crippen molar-refractivity contribution in [2.45, 2.75) is 0 Å². The Balaban J connectivity index is 1.59. The molecular weight excluding hydrogens is 465 g/mol. The summed E-state index contributed by atoms with van der Waals surface area (Å²) >= 11 is 7.91. The van der Waals surface area contributed by atoms with Gasteiger partial charge in [-0.05, 0) is 35.8 Å². The number of rotatable bonds is 4. The molecule has 1 amide bonds. The summed E-state index contributed by atoms with van der Waals surface area (Å²) in [6, 6.07) is 5.37. The van der Waals surface area contributed by atoms with E-state index in [1.165, 1.54) is 17.6 Å². The molecule has 0 radical (unpaired) electrons. The maximum absolute atomic E-state index is 15.9. The zero-order valence-corrected chi connectivity index (χ0v) is 19.7. The van der Waals surface area contributed by atoms with Crippen molar-refractivity contribution in [3.63, 3.8) is 0 Å². The Kier molecular flexibility index (Phi) is 5.46. The number of aryl methyl sites for hydroxylation is 1. The van der Waals surface area contributed by atoms with Crippen LogP contribution in [0.15, 0.2) is 37.1 Å². The lowest BCUT2D eigenvalue weighted by Gasteiger charge is -2.34. The van der Waals surface area contributed by atoms with Gasteiger partial charge in [-0.1, -0.05) is 18.2 Å². The molecule has 0 aliphatic carbocycles. The number of aromatic nitrogens is 3. The predicted molar refractivity (Wildman–Crippen MR) is 130 cm³/mol. The van der Waals surface area contributed by atoms with Gasteiger partial charge in [-0.25, -0.2) is 4.39 Å². The first-order chi connectivity index (χ1) is 15.9. The van der Waals surface area contributed by atoms with E-state index in [1.807, 2.05) is 19.3 Å². The molecule has 3 heterocycles. The van der Waals surface area contributed by atoms with Gasteiger partial charge in [0.05, 0.1) is 12.1 Å². The average Bonchev–Trinajstić information content (AvgIpc) is 3.41. The van der Waals surface area contributed by atoms with Crippen LogP contribution < -0.4 is 9.64 Å².